The molecule has 0 spiro atoms. The maximum atomic E-state index is 13.1. The maximum absolute atomic E-state index is 13.1. The topological polar surface area (TPSA) is 57.7 Å². The minimum absolute atomic E-state index is 0.0551. The number of amides is 1. The molecule has 1 amide bonds. The summed E-state index contributed by atoms with van der Waals surface area (Å²) in [5, 5.41) is 0.181. The van der Waals surface area contributed by atoms with E-state index < -0.39 is 10.0 Å². The highest BCUT2D eigenvalue weighted by molar-refractivity contribution is 7.99. The second-order valence-electron chi connectivity index (χ2n) is 8.01. The normalized spacial score (nSPS) is 26.7. The van der Waals surface area contributed by atoms with Crippen LogP contribution in [0.15, 0.2) is 23.1 Å². The zero-order valence-corrected chi connectivity index (χ0v) is 18.4. The average molecular weight is 443 g/mol. The number of rotatable bonds is 3. The van der Waals surface area contributed by atoms with Crippen molar-refractivity contribution < 1.29 is 13.2 Å². The third kappa shape index (κ3) is 4.09. The van der Waals surface area contributed by atoms with Crippen molar-refractivity contribution in [1.82, 2.24) is 9.21 Å². The van der Waals surface area contributed by atoms with Gasteiger partial charge >= 0.3 is 0 Å². The Morgan fingerprint density at radius 2 is 1.75 bits per heavy atom. The van der Waals surface area contributed by atoms with Gasteiger partial charge in [0, 0.05) is 43.2 Å². The summed E-state index contributed by atoms with van der Waals surface area (Å²) in [6.45, 7) is 2.51. The first-order valence-electron chi connectivity index (χ1n) is 10.1. The van der Waals surface area contributed by atoms with Crippen LogP contribution in [0.2, 0.25) is 5.02 Å². The SMILES string of the molecule is O=C(c1ccc(Cl)c(S(=O)(=O)N2CCSCC2)c1)N1CC[C@@H]2CCCC[C@H]2C1. The first kappa shape index (κ1) is 20.5. The van der Waals surface area contributed by atoms with E-state index in [0.29, 0.717) is 24.6 Å². The van der Waals surface area contributed by atoms with E-state index in [4.69, 9.17) is 11.6 Å². The number of halogens is 1. The Balaban J connectivity index is 1.55. The lowest BCUT2D eigenvalue weighted by molar-refractivity contribution is 0.0520. The zero-order chi connectivity index (χ0) is 19.7. The molecule has 3 fully saturated rings. The van der Waals surface area contributed by atoms with Gasteiger partial charge in [-0.05, 0) is 42.9 Å². The van der Waals surface area contributed by atoms with Crippen molar-refractivity contribution in [2.24, 2.45) is 11.8 Å². The molecule has 0 unspecified atom stereocenters. The molecule has 154 valence electrons. The zero-order valence-electron chi connectivity index (χ0n) is 16.0. The Morgan fingerprint density at radius 3 is 2.50 bits per heavy atom. The second kappa shape index (κ2) is 8.54. The molecule has 1 aromatic carbocycles. The lowest BCUT2D eigenvalue weighted by atomic mass is 9.75. The van der Waals surface area contributed by atoms with Gasteiger partial charge in [-0.15, -0.1) is 0 Å². The summed E-state index contributed by atoms with van der Waals surface area (Å²) < 4.78 is 27.6. The Labute approximate surface area is 176 Å². The molecule has 0 radical (unpaired) electrons. The number of carbonyl (C=O) groups is 1. The summed E-state index contributed by atoms with van der Waals surface area (Å²) in [4.78, 5) is 15.1. The molecule has 0 N–H and O–H groups in total. The van der Waals surface area contributed by atoms with E-state index in [0.717, 1.165) is 36.9 Å². The van der Waals surface area contributed by atoms with E-state index in [-0.39, 0.29) is 15.8 Å². The Hall–Kier alpha value is -0.760. The van der Waals surface area contributed by atoms with Crippen LogP contribution in [0.4, 0.5) is 0 Å². The number of thioether (sulfide) groups is 1. The molecule has 5 nitrogen and oxygen atoms in total. The lowest BCUT2D eigenvalue weighted by Crippen LogP contribution is -2.44. The van der Waals surface area contributed by atoms with E-state index in [9.17, 15) is 13.2 Å². The van der Waals surface area contributed by atoms with E-state index >= 15 is 0 Å². The highest BCUT2D eigenvalue weighted by atomic mass is 35.5. The molecule has 2 aliphatic heterocycles. The molecule has 2 heterocycles. The van der Waals surface area contributed by atoms with Crippen LogP contribution in [-0.4, -0.2) is 61.2 Å². The molecule has 3 aliphatic rings. The number of piperidine rings is 1. The fraction of sp³-hybridized carbons (Fsp3) is 0.650. The minimum atomic E-state index is -3.68. The fourth-order valence-corrected chi connectivity index (χ4v) is 7.80. The van der Waals surface area contributed by atoms with Crippen LogP contribution in [-0.2, 0) is 10.0 Å². The summed E-state index contributed by atoms with van der Waals surface area (Å²) >= 11 is 8.00. The first-order valence-corrected chi connectivity index (χ1v) is 13.1. The monoisotopic (exact) mass is 442 g/mol. The third-order valence-electron chi connectivity index (χ3n) is 6.34. The van der Waals surface area contributed by atoms with Gasteiger partial charge in [-0.2, -0.15) is 16.1 Å². The van der Waals surface area contributed by atoms with Gasteiger partial charge in [0.05, 0.1) is 5.02 Å². The number of fused-ring (bicyclic) bond motifs is 1. The Morgan fingerprint density at radius 1 is 1.04 bits per heavy atom. The number of carbonyl (C=O) groups excluding carboxylic acids is 1. The number of likely N-dealkylation sites (tertiary alicyclic amines) is 1. The van der Waals surface area contributed by atoms with Crippen molar-refractivity contribution in [2.75, 3.05) is 37.7 Å². The van der Waals surface area contributed by atoms with Crippen LogP contribution in [0.25, 0.3) is 0 Å². The molecule has 1 aromatic rings. The summed E-state index contributed by atoms with van der Waals surface area (Å²) in [7, 11) is -3.68. The standard InChI is InChI=1S/C20H27ClN2O3S2/c21-18-6-5-16(13-19(18)28(25,26)23-9-11-27-12-10-23)20(24)22-8-7-15-3-1-2-4-17(15)14-22/h5-6,13,15,17H,1-4,7-12,14H2/t15-,17-/m0/s1. The molecule has 2 atom stereocenters. The van der Waals surface area contributed by atoms with Crippen molar-refractivity contribution in [1.29, 1.82) is 0 Å². The largest absolute Gasteiger partial charge is 0.338 e. The van der Waals surface area contributed by atoms with Crippen LogP contribution in [0.3, 0.4) is 0 Å². The van der Waals surface area contributed by atoms with Gasteiger partial charge in [0.15, 0.2) is 0 Å². The average Bonchev–Trinajstić information content (AvgIpc) is 2.73. The number of nitrogens with zero attached hydrogens (tertiary/aromatic N) is 2. The molecule has 0 bridgehead atoms. The quantitative estimate of drug-likeness (QED) is 0.715. The van der Waals surface area contributed by atoms with Gasteiger partial charge in [0.25, 0.3) is 5.91 Å². The predicted octanol–water partition coefficient (Wildman–Crippen LogP) is 3.73. The van der Waals surface area contributed by atoms with Crippen LogP contribution >= 0.6 is 23.4 Å². The Kier molecular flexibility index (Phi) is 6.26. The van der Waals surface area contributed by atoms with Crippen LogP contribution in [0.1, 0.15) is 42.5 Å². The maximum Gasteiger partial charge on any atom is 0.253 e. The van der Waals surface area contributed by atoms with E-state index in [1.807, 2.05) is 4.90 Å². The Bertz CT molecular complexity index is 840. The summed E-state index contributed by atoms with van der Waals surface area (Å²) in [5.41, 5.74) is 0.420. The lowest BCUT2D eigenvalue weighted by Gasteiger charge is -2.41. The summed E-state index contributed by atoms with van der Waals surface area (Å²) in [5.74, 6) is 2.83. The van der Waals surface area contributed by atoms with E-state index in [2.05, 4.69) is 0 Å². The molecular weight excluding hydrogens is 416 g/mol. The fourth-order valence-electron chi connectivity index (χ4n) is 4.73. The number of hydrogen-bond donors (Lipinski definition) is 0. The van der Waals surface area contributed by atoms with Gasteiger partial charge in [-0.3, -0.25) is 4.79 Å². The van der Waals surface area contributed by atoms with Gasteiger partial charge in [-0.1, -0.05) is 30.9 Å². The second-order valence-corrected chi connectivity index (χ2v) is 11.5. The summed E-state index contributed by atoms with van der Waals surface area (Å²) in [6.07, 6.45) is 6.09. The molecule has 4 rings (SSSR count). The van der Waals surface area contributed by atoms with Gasteiger partial charge < -0.3 is 4.90 Å². The van der Waals surface area contributed by atoms with Crippen LogP contribution in [0.5, 0.6) is 0 Å². The van der Waals surface area contributed by atoms with E-state index in [1.165, 1.54) is 36.1 Å². The molecule has 2 saturated heterocycles. The smallest absolute Gasteiger partial charge is 0.253 e. The van der Waals surface area contributed by atoms with Crippen molar-refractivity contribution in [2.45, 2.75) is 37.0 Å². The van der Waals surface area contributed by atoms with Gasteiger partial charge in [0.2, 0.25) is 10.0 Å². The van der Waals surface area contributed by atoms with Crippen LogP contribution in [0, 0.1) is 11.8 Å². The predicted molar refractivity (Wildman–Crippen MR) is 114 cm³/mol. The minimum Gasteiger partial charge on any atom is -0.338 e. The molecule has 1 aliphatic carbocycles. The highest BCUT2D eigenvalue weighted by Gasteiger charge is 2.34. The van der Waals surface area contributed by atoms with Crippen molar-refractivity contribution >= 4 is 39.3 Å². The van der Waals surface area contributed by atoms with Crippen molar-refractivity contribution in [3.05, 3.63) is 28.8 Å². The molecular formula is C20H27ClN2O3S2. The first-order chi connectivity index (χ1) is 13.5. The van der Waals surface area contributed by atoms with E-state index in [1.54, 1.807) is 23.9 Å². The van der Waals surface area contributed by atoms with Crippen molar-refractivity contribution in [3.63, 3.8) is 0 Å². The van der Waals surface area contributed by atoms with Gasteiger partial charge in [0.1, 0.15) is 4.90 Å². The number of benzene rings is 1. The van der Waals surface area contributed by atoms with Crippen molar-refractivity contribution in [3.8, 4) is 0 Å². The van der Waals surface area contributed by atoms with Gasteiger partial charge in [-0.25, -0.2) is 8.42 Å². The molecule has 0 aromatic heterocycles. The summed E-state index contributed by atoms with van der Waals surface area (Å²) in [6, 6.07) is 4.69. The third-order valence-corrected chi connectivity index (χ3v) is 9.67. The molecule has 1 saturated carbocycles. The van der Waals surface area contributed by atoms with Crippen LogP contribution < -0.4 is 0 Å². The highest BCUT2D eigenvalue weighted by Crippen LogP contribution is 2.36. The molecule has 8 heteroatoms. The number of hydrogen-bond acceptors (Lipinski definition) is 4. The number of sulfonamides is 1. The molecule has 28 heavy (non-hydrogen) atoms.